The molecule has 6 nitrogen and oxygen atoms in total. The molecule has 0 unspecified atom stereocenters. The fraction of sp³-hybridized carbons (Fsp3) is 0.467. The van der Waals surface area contributed by atoms with Crippen LogP contribution in [0.25, 0.3) is 0 Å². The van der Waals surface area contributed by atoms with E-state index < -0.39 is 0 Å². The fourth-order valence-electron chi connectivity index (χ4n) is 1.88. The van der Waals surface area contributed by atoms with Gasteiger partial charge in [-0.1, -0.05) is 44.4 Å². The number of rotatable bonds is 6. The highest BCUT2D eigenvalue weighted by Gasteiger charge is 2.10. The predicted molar refractivity (Wildman–Crippen MR) is 81.2 cm³/mol. The quantitative estimate of drug-likeness (QED) is 0.886. The third kappa shape index (κ3) is 4.11. The molecule has 2 aromatic rings. The van der Waals surface area contributed by atoms with Crippen LogP contribution in [0.3, 0.4) is 0 Å². The molecule has 0 atom stereocenters. The Morgan fingerprint density at radius 1 is 1.29 bits per heavy atom. The topological polar surface area (TPSA) is 72.7 Å². The minimum Gasteiger partial charge on any atom is -0.288 e. The number of aromatic nitrogens is 4. The van der Waals surface area contributed by atoms with Crippen LogP contribution in [0.1, 0.15) is 55.5 Å². The molecule has 0 aliphatic heterocycles. The summed E-state index contributed by atoms with van der Waals surface area (Å²) >= 11 is 0. The van der Waals surface area contributed by atoms with Crippen molar-refractivity contribution in [3.63, 3.8) is 0 Å². The Hall–Kier alpha value is -2.24. The first-order valence-electron chi connectivity index (χ1n) is 7.29. The number of hydrogen-bond donors (Lipinski definition) is 1. The van der Waals surface area contributed by atoms with Gasteiger partial charge in [-0.3, -0.25) is 10.1 Å². The van der Waals surface area contributed by atoms with Gasteiger partial charge in [0.15, 0.2) is 0 Å². The molecule has 2 rings (SSSR count). The van der Waals surface area contributed by atoms with Crippen molar-refractivity contribution in [3.8, 4) is 0 Å². The first kappa shape index (κ1) is 15.2. The van der Waals surface area contributed by atoms with Crippen molar-refractivity contribution >= 4 is 11.9 Å². The average molecular weight is 287 g/mol. The van der Waals surface area contributed by atoms with E-state index >= 15 is 0 Å². The lowest BCUT2D eigenvalue weighted by molar-refractivity contribution is 0.102. The SMILES string of the molecule is CCCCn1nnc(NC(=O)c2ccc(C(C)C)cc2)n1. The number of carbonyl (C=O) groups excluding carboxylic acids is 1. The van der Waals surface area contributed by atoms with Crippen LogP contribution in [0.2, 0.25) is 0 Å². The van der Waals surface area contributed by atoms with Gasteiger partial charge in [-0.05, 0) is 35.2 Å². The molecule has 0 aliphatic carbocycles. The maximum absolute atomic E-state index is 12.1. The summed E-state index contributed by atoms with van der Waals surface area (Å²) in [6.07, 6.45) is 2.05. The molecule has 21 heavy (non-hydrogen) atoms. The largest absolute Gasteiger partial charge is 0.288 e. The molecular weight excluding hydrogens is 266 g/mol. The fourth-order valence-corrected chi connectivity index (χ4v) is 1.88. The molecule has 0 radical (unpaired) electrons. The third-order valence-electron chi connectivity index (χ3n) is 3.23. The Morgan fingerprint density at radius 3 is 2.62 bits per heavy atom. The predicted octanol–water partition coefficient (Wildman–Crippen LogP) is 2.85. The Kier molecular flexibility index (Phi) is 5.03. The van der Waals surface area contributed by atoms with Crippen molar-refractivity contribution in [2.24, 2.45) is 0 Å². The van der Waals surface area contributed by atoms with Gasteiger partial charge in [0.1, 0.15) is 0 Å². The van der Waals surface area contributed by atoms with Crippen LogP contribution in [-0.2, 0) is 6.54 Å². The van der Waals surface area contributed by atoms with E-state index in [2.05, 4.69) is 41.5 Å². The maximum Gasteiger partial charge on any atom is 0.270 e. The van der Waals surface area contributed by atoms with Crippen molar-refractivity contribution in [1.29, 1.82) is 0 Å². The van der Waals surface area contributed by atoms with Gasteiger partial charge in [-0.2, -0.15) is 4.80 Å². The molecule has 1 amide bonds. The van der Waals surface area contributed by atoms with E-state index in [4.69, 9.17) is 0 Å². The Bertz CT molecular complexity index is 588. The highest BCUT2D eigenvalue weighted by atomic mass is 16.1. The number of hydrogen-bond acceptors (Lipinski definition) is 4. The number of nitrogens with zero attached hydrogens (tertiary/aromatic N) is 4. The third-order valence-corrected chi connectivity index (χ3v) is 3.23. The normalized spacial score (nSPS) is 10.9. The minimum atomic E-state index is -0.222. The summed E-state index contributed by atoms with van der Waals surface area (Å²) in [5, 5.41) is 14.5. The van der Waals surface area contributed by atoms with Crippen molar-refractivity contribution in [3.05, 3.63) is 35.4 Å². The van der Waals surface area contributed by atoms with Crippen LogP contribution in [0.5, 0.6) is 0 Å². The molecule has 0 aliphatic rings. The first-order chi connectivity index (χ1) is 10.1. The summed E-state index contributed by atoms with van der Waals surface area (Å²) in [6, 6.07) is 7.55. The van der Waals surface area contributed by atoms with E-state index in [9.17, 15) is 4.79 Å². The molecule has 0 fully saturated rings. The summed E-state index contributed by atoms with van der Waals surface area (Å²) in [7, 11) is 0. The van der Waals surface area contributed by atoms with Gasteiger partial charge in [0, 0.05) is 5.56 Å². The summed E-state index contributed by atoms with van der Waals surface area (Å²) < 4.78 is 0. The molecule has 1 aromatic carbocycles. The lowest BCUT2D eigenvalue weighted by atomic mass is 10.0. The minimum absolute atomic E-state index is 0.222. The number of anilines is 1. The van der Waals surface area contributed by atoms with E-state index in [1.165, 1.54) is 10.4 Å². The molecule has 0 saturated heterocycles. The summed E-state index contributed by atoms with van der Waals surface area (Å²) in [5.41, 5.74) is 1.79. The van der Waals surface area contributed by atoms with Gasteiger partial charge in [0.05, 0.1) is 6.54 Å². The smallest absolute Gasteiger partial charge is 0.270 e. The number of aryl methyl sites for hydroxylation is 1. The average Bonchev–Trinajstić information content (AvgIpc) is 2.92. The first-order valence-corrected chi connectivity index (χ1v) is 7.29. The molecule has 1 N–H and O–H groups in total. The van der Waals surface area contributed by atoms with E-state index in [0.29, 0.717) is 18.0 Å². The van der Waals surface area contributed by atoms with Crippen LogP contribution in [0.4, 0.5) is 5.95 Å². The molecule has 6 heteroatoms. The zero-order chi connectivity index (χ0) is 15.2. The van der Waals surface area contributed by atoms with Crippen LogP contribution < -0.4 is 5.32 Å². The summed E-state index contributed by atoms with van der Waals surface area (Å²) in [4.78, 5) is 13.6. The second-order valence-electron chi connectivity index (χ2n) is 5.29. The summed E-state index contributed by atoms with van der Waals surface area (Å²) in [5.74, 6) is 0.464. The highest BCUT2D eigenvalue weighted by molar-refractivity contribution is 6.03. The Balaban J connectivity index is 1.98. The number of benzene rings is 1. The molecule has 0 spiro atoms. The monoisotopic (exact) mass is 287 g/mol. The van der Waals surface area contributed by atoms with E-state index in [1.54, 1.807) is 0 Å². The number of amides is 1. The molecule has 112 valence electrons. The number of nitrogens with one attached hydrogen (secondary N) is 1. The maximum atomic E-state index is 12.1. The molecule has 0 bridgehead atoms. The van der Waals surface area contributed by atoms with Crippen LogP contribution >= 0.6 is 0 Å². The Labute approximate surface area is 124 Å². The number of unbranched alkanes of at least 4 members (excludes halogenated alkanes) is 1. The van der Waals surface area contributed by atoms with Crippen molar-refractivity contribution < 1.29 is 4.79 Å². The molecule has 0 saturated carbocycles. The van der Waals surface area contributed by atoms with Gasteiger partial charge < -0.3 is 0 Å². The van der Waals surface area contributed by atoms with E-state index in [1.807, 2.05) is 24.3 Å². The molecule has 1 aromatic heterocycles. The standard InChI is InChI=1S/C15H21N5O/c1-4-5-10-20-18-15(17-19-20)16-14(21)13-8-6-12(7-9-13)11(2)3/h6-9,11H,4-5,10H2,1-3H3,(H,16,18,21). The Morgan fingerprint density at radius 2 is 2.00 bits per heavy atom. The van der Waals surface area contributed by atoms with Crippen LogP contribution in [0.15, 0.2) is 24.3 Å². The van der Waals surface area contributed by atoms with E-state index in [-0.39, 0.29) is 11.9 Å². The second kappa shape index (κ2) is 6.97. The van der Waals surface area contributed by atoms with Crippen molar-refractivity contribution in [2.45, 2.75) is 46.1 Å². The van der Waals surface area contributed by atoms with Gasteiger partial charge in [0.2, 0.25) is 0 Å². The van der Waals surface area contributed by atoms with Gasteiger partial charge >= 0.3 is 0 Å². The zero-order valence-corrected chi connectivity index (χ0v) is 12.7. The van der Waals surface area contributed by atoms with Crippen molar-refractivity contribution in [2.75, 3.05) is 5.32 Å². The van der Waals surface area contributed by atoms with Gasteiger partial charge in [-0.25, -0.2) is 0 Å². The van der Waals surface area contributed by atoms with E-state index in [0.717, 1.165) is 12.8 Å². The summed E-state index contributed by atoms with van der Waals surface area (Å²) in [6.45, 7) is 7.05. The van der Waals surface area contributed by atoms with Gasteiger partial charge in [0.25, 0.3) is 11.9 Å². The highest BCUT2D eigenvalue weighted by Crippen LogP contribution is 2.15. The number of carbonyl (C=O) groups is 1. The second-order valence-corrected chi connectivity index (χ2v) is 5.29. The zero-order valence-electron chi connectivity index (χ0n) is 12.7. The lowest BCUT2D eigenvalue weighted by Crippen LogP contribution is -2.13. The van der Waals surface area contributed by atoms with Crippen molar-refractivity contribution in [1.82, 2.24) is 20.2 Å². The molecule has 1 heterocycles. The molecular formula is C15H21N5O. The number of tetrazole rings is 1. The van der Waals surface area contributed by atoms with Crippen LogP contribution in [0, 0.1) is 0 Å². The van der Waals surface area contributed by atoms with Crippen LogP contribution in [-0.4, -0.2) is 26.1 Å². The lowest BCUT2D eigenvalue weighted by Gasteiger charge is -2.06. The van der Waals surface area contributed by atoms with Gasteiger partial charge in [-0.15, -0.1) is 5.10 Å².